The van der Waals surface area contributed by atoms with Crippen LogP contribution in [0.4, 0.5) is 0 Å². The minimum atomic E-state index is -3.27. The molecule has 0 saturated carbocycles. The zero-order valence-corrected chi connectivity index (χ0v) is 17.4. The molecule has 1 aliphatic heterocycles. The molecule has 30 heavy (non-hydrogen) atoms. The molecule has 1 aliphatic rings. The van der Waals surface area contributed by atoms with Crippen LogP contribution in [0.15, 0.2) is 72.4 Å². The number of carbonyl (C=O) groups excluding carboxylic acids is 1. The van der Waals surface area contributed by atoms with E-state index in [1.165, 1.54) is 5.41 Å². The third-order valence-electron chi connectivity index (χ3n) is 5.20. The Morgan fingerprint density at radius 1 is 1.07 bits per heavy atom. The van der Waals surface area contributed by atoms with Crippen molar-refractivity contribution < 1.29 is 17.9 Å². The van der Waals surface area contributed by atoms with E-state index in [0.717, 1.165) is 27.6 Å². The van der Waals surface area contributed by atoms with Crippen LogP contribution in [0.1, 0.15) is 11.1 Å². The van der Waals surface area contributed by atoms with Crippen LogP contribution >= 0.6 is 0 Å². The van der Waals surface area contributed by atoms with Gasteiger partial charge in [0.05, 0.1) is 25.3 Å². The van der Waals surface area contributed by atoms with E-state index in [4.69, 9.17) is 4.74 Å². The fraction of sp³-hybridized carbons (Fsp3) is 0.217. The second-order valence-corrected chi connectivity index (χ2v) is 9.26. The summed E-state index contributed by atoms with van der Waals surface area (Å²) in [6.45, 7) is 0.330. The Morgan fingerprint density at radius 2 is 1.80 bits per heavy atom. The zero-order chi connectivity index (χ0) is 21.1. The summed E-state index contributed by atoms with van der Waals surface area (Å²) in [7, 11) is -1.65. The molecule has 0 N–H and O–H groups in total. The second-order valence-electron chi connectivity index (χ2n) is 7.33. The highest BCUT2D eigenvalue weighted by atomic mass is 32.2. The van der Waals surface area contributed by atoms with Crippen LogP contribution < -0.4 is 4.74 Å². The number of pyridine rings is 1. The van der Waals surface area contributed by atoms with Gasteiger partial charge in [-0.15, -0.1) is 0 Å². The van der Waals surface area contributed by atoms with E-state index in [0.29, 0.717) is 6.54 Å². The molecular weight excluding hydrogens is 400 g/mol. The van der Waals surface area contributed by atoms with Crippen molar-refractivity contribution in [2.45, 2.75) is 19.0 Å². The lowest BCUT2D eigenvalue weighted by molar-refractivity contribution is -0.132. The molecule has 0 aliphatic carbocycles. The van der Waals surface area contributed by atoms with Crippen molar-refractivity contribution in [3.63, 3.8) is 0 Å². The highest BCUT2D eigenvalue weighted by Crippen LogP contribution is 2.23. The van der Waals surface area contributed by atoms with E-state index in [1.54, 1.807) is 30.5 Å². The van der Waals surface area contributed by atoms with Crippen molar-refractivity contribution >= 4 is 26.5 Å². The molecule has 0 fully saturated rings. The van der Waals surface area contributed by atoms with Gasteiger partial charge in [-0.3, -0.25) is 9.78 Å². The molecule has 154 valence electrons. The lowest BCUT2D eigenvalue weighted by Crippen LogP contribution is -2.41. The Balaban J connectivity index is 1.58. The van der Waals surface area contributed by atoms with E-state index in [9.17, 15) is 13.2 Å². The quantitative estimate of drug-likeness (QED) is 0.610. The third kappa shape index (κ3) is 4.52. The summed E-state index contributed by atoms with van der Waals surface area (Å²) in [5.41, 5.74) is 1.78. The first-order chi connectivity index (χ1) is 14.4. The zero-order valence-electron chi connectivity index (χ0n) is 16.6. The van der Waals surface area contributed by atoms with Gasteiger partial charge >= 0.3 is 0 Å². The number of methoxy groups -OCH3 is 1. The third-order valence-corrected chi connectivity index (χ3v) is 6.58. The van der Waals surface area contributed by atoms with Crippen LogP contribution in [-0.2, 0) is 27.6 Å². The molecule has 2 heterocycles. The molecule has 1 atom stereocenters. The number of sulfone groups is 1. The Bertz CT molecular complexity index is 1210. The summed E-state index contributed by atoms with van der Waals surface area (Å²) in [6, 6.07) is 14.9. The van der Waals surface area contributed by atoms with Crippen molar-refractivity contribution in [1.82, 2.24) is 9.88 Å². The van der Waals surface area contributed by atoms with Gasteiger partial charge in [0.2, 0.25) is 5.91 Å². The molecular formula is C23H22N2O4S. The predicted molar refractivity (Wildman–Crippen MR) is 116 cm³/mol. The maximum absolute atomic E-state index is 13.2. The molecule has 1 amide bonds. The number of aromatic nitrogens is 1. The number of fused-ring (bicyclic) bond motifs is 1. The van der Waals surface area contributed by atoms with Gasteiger partial charge in [0.15, 0.2) is 9.84 Å². The lowest BCUT2D eigenvalue weighted by atomic mass is 10.0. The van der Waals surface area contributed by atoms with Crippen molar-refractivity contribution in [1.29, 1.82) is 0 Å². The number of amides is 1. The highest BCUT2D eigenvalue weighted by molar-refractivity contribution is 7.94. The van der Waals surface area contributed by atoms with Crippen LogP contribution in [0, 0.1) is 0 Å². The standard InChI is InChI=1S/C23H22N2O4S/c1-29-22-5-4-19-12-18(2-3-20(19)14-22)13-23(26)25(15-17-6-9-24-10-7-17)21-8-11-30(27,28)16-21/h2-12,14,21H,13,15-16H2,1H3. The van der Waals surface area contributed by atoms with Gasteiger partial charge in [-0.1, -0.05) is 24.3 Å². The highest BCUT2D eigenvalue weighted by Gasteiger charge is 2.30. The average Bonchev–Trinajstić information content (AvgIpc) is 3.11. The minimum absolute atomic E-state index is 0.0820. The maximum atomic E-state index is 13.2. The summed E-state index contributed by atoms with van der Waals surface area (Å²) in [6.07, 6.45) is 5.12. The molecule has 0 saturated heterocycles. The van der Waals surface area contributed by atoms with Gasteiger partial charge in [0.25, 0.3) is 0 Å². The Hall–Kier alpha value is -3.19. The maximum Gasteiger partial charge on any atom is 0.227 e. The first kappa shape index (κ1) is 20.1. The smallest absolute Gasteiger partial charge is 0.227 e. The van der Waals surface area contributed by atoms with E-state index in [2.05, 4.69) is 4.98 Å². The lowest BCUT2D eigenvalue weighted by Gasteiger charge is -2.28. The van der Waals surface area contributed by atoms with Gasteiger partial charge in [0.1, 0.15) is 5.75 Å². The van der Waals surface area contributed by atoms with Crippen LogP contribution in [0.25, 0.3) is 10.8 Å². The SMILES string of the molecule is COc1ccc2cc(CC(=O)N(Cc3ccncc3)C3C=CS(=O)(=O)C3)ccc2c1. The molecule has 4 rings (SSSR count). The predicted octanol–water partition coefficient (Wildman–Crippen LogP) is 3.13. The van der Waals surface area contributed by atoms with Crippen LogP contribution in [0.3, 0.4) is 0 Å². The summed E-state index contributed by atoms with van der Waals surface area (Å²) in [5, 5.41) is 3.25. The Morgan fingerprint density at radius 3 is 2.50 bits per heavy atom. The summed E-state index contributed by atoms with van der Waals surface area (Å²) in [5.74, 6) is 0.581. The van der Waals surface area contributed by atoms with Gasteiger partial charge in [-0.25, -0.2) is 8.42 Å². The molecule has 7 heteroatoms. The molecule has 0 spiro atoms. The molecule has 1 aromatic heterocycles. The van der Waals surface area contributed by atoms with Crippen molar-refractivity contribution in [2.24, 2.45) is 0 Å². The van der Waals surface area contributed by atoms with E-state index in [-0.39, 0.29) is 18.1 Å². The molecule has 6 nitrogen and oxygen atoms in total. The topological polar surface area (TPSA) is 76.6 Å². The monoisotopic (exact) mass is 422 g/mol. The van der Waals surface area contributed by atoms with Crippen LogP contribution in [-0.4, -0.2) is 43.1 Å². The fourth-order valence-corrected chi connectivity index (χ4v) is 4.91. The number of hydrogen-bond donors (Lipinski definition) is 0. The van der Waals surface area contributed by atoms with Gasteiger partial charge < -0.3 is 9.64 Å². The Labute approximate surface area is 175 Å². The molecule has 3 aromatic rings. The van der Waals surface area contributed by atoms with Crippen LogP contribution in [0.5, 0.6) is 5.75 Å². The van der Waals surface area contributed by atoms with Crippen molar-refractivity contribution in [3.05, 3.63) is 83.5 Å². The first-order valence-corrected chi connectivity index (χ1v) is 11.3. The first-order valence-electron chi connectivity index (χ1n) is 9.59. The minimum Gasteiger partial charge on any atom is -0.497 e. The molecule has 1 unspecified atom stereocenters. The summed E-state index contributed by atoms with van der Waals surface area (Å²) < 4.78 is 29.1. The van der Waals surface area contributed by atoms with Gasteiger partial charge in [-0.2, -0.15) is 0 Å². The van der Waals surface area contributed by atoms with E-state index >= 15 is 0 Å². The summed E-state index contributed by atoms with van der Waals surface area (Å²) in [4.78, 5) is 18.9. The number of rotatable bonds is 6. The molecule has 0 radical (unpaired) electrons. The van der Waals surface area contributed by atoms with Crippen LogP contribution in [0.2, 0.25) is 0 Å². The van der Waals surface area contributed by atoms with Gasteiger partial charge in [0, 0.05) is 24.3 Å². The number of ether oxygens (including phenoxy) is 1. The van der Waals surface area contributed by atoms with Crippen molar-refractivity contribution in [3.8, 4) is 5.75 Å². The number of hydrogen-bond acceptors (Lipinski definition) is 5. The van der Waals surface area contributed by atoms with E-state index < -0.39 is 15.9 Å². The number of nitrogens with zero attached hydrogens (tertiary/aromatic N) is 2. The normalized spacial score (nSPS) is 17.2. The number of carbonyl (C=O) groups is 1. The average molecular weight is 423 g/mol. The summed E-state index contributed by atoms with van der Waals surface area (Å²) >= 11 is 0. The van der Waals surface area contributed by atoms with Gasteiger partial charge in [-0.05, 0) is 52.2 Å². The van der Waals surface area contributed by atoms with Crippen molar-refractivity contribution in [2.75, 3.05) is 12.9 Å². The largest absolute Gasteiger partial charge is 0.497 e. The number of benzene rings is 2. The fourth-order valence-electron chi connectivity index (χ4n) is 3.62. The Kier molecular flexibility index (Phi) is 5.55. The second kappa shape index (κ2) is 8.28. The molecule has 0 bridgehead atoms. The molecule has 2 aromatic carbocycles. The van der Waals surface area contributed by atoms with E-state index in [1.807, 2.05) is 48.5 Å².